The normalized spacial score (nSPS) is 10.8. The molecule has 0 bridgehead atoms. The summed E-state index contributed by atoms with van der Waals surface area (Å²) in [5, 5.41) is 8.45. The van der Waals surface area contributed by atoms with E-state index in [0.717, 1.165) is 6.07 Å². The van der Waals surface area contributed by atoms with E-state index in [1.165, 1.54) is 18.3 Å². The summed E-state index contributed by atoms with van der Waals surface area (Å²) in [6, 6.07) is 3.72. The van der Waals surface area contributed by atoms with Gasteiger partial charge < -0.3 is 10.1 Å². The molecule has 0 aliphatic carbocycles. The standard InChI is InChI=1S/C13H12FN3O3S/c1-9-15-8-13(16-9)21(19,20)17-11-5-4-10(3-2-6-18)12(14)7-11/h4-5,7-8,17-18H,6H2,1H3,(H,15,16). The molecule has 1 heterocycles. The molecular weight excluding hydrogens is 297 g/mol. The van der Waals surface area contributed by atoms with Crippen LogP contribution in [0.1, 0.15) is 11.4 Å². The van der Waals surface area contributed by atoms with Gasteiger partial charge in [0, 0.05) is 0 Å². The summed E-state index contributed by atoms with van der Waals surface area (Å²) in [5.41, 5.74) is 0.138. The molecule has 110 valence electrons. The Bertz CT molecular complexity index is 819. The van der Waals surface area contributed by atoms with Gasteiger partial charge in [0.25, 0.3) is 10.0 Å². The van der Waals surface area contributed by atoms with E-state index in [9.17, 15) is 12.8 Å². The van der Waals surface area contributed by atoms with Crippen LogP contribution in [0.4, 0.5) is 10.1 Å². The topological polar surface area (TPSA) is 95.1 Å². The van der Waals surface area contributed by atoms with Gasteiger partial charge in [-0.15, -0.1) is 0 Å². The lowest BCUT2D eigenvalue weighted by Crippen LogP contribution is -2.13. The third-order valence-electron chi connectivity index (χ3n) is 2.49. The number of halogens is 1. The number of sulfonamides is 1. The van der Waals surface area contributed by atoms with Crippen molar-refractivity contribution in [3.63, 3.8) is 0 Å². The number of hydrogen-bond acceptors (Lipinski definition) is 4. The molecule has 1 aromatic carbocycles. The van der Waals surface area contributed by atoms with Crippen LogP contribution in [0.5, 0.6) is 0 Å². The maximum atomic E-state index is 13.7. The summed E-state index contributed by atoms with van der Waals surface area (Å²) in [7, 11) is -3.85. The SMILES string of the molecule is Cc1ncc(S(=O)(=O)Nc2ccc(C#CCO)c(F)c2)[nH]1. The largest absolute Gasteiger partial charge is 0.384 e. The monoisotopic (exact) mass is 309 g/mol. The van der Waals surface area contributed by atoms with Gasteiger partial charge in [-0.25, -0.2) is 9.37 Å². The fourth-order valence-corrected chi connectivity index (χ4v) is 2.58. The van der Waals surface area contributed by atoms with Crippen molar-refractivity contribution >= 4 is 15.7 Å². The summed E-state index contributed by atoms with van der Waals surface area (Å²) in [4.78, 5) is 6.38. The molecule has 0 fully saturated rings. The molecule has 0 radical (unpaired) electrons. The van der Waals surface area contributed by atoms with Crippen LogP contribution in [0.15, 0.2) is 29.4 Å². The Balaban J connectivity index is 2.26. The highest BCUT2D eigenvalue weighted by Gasteiger charge is 2.17. The highest BCUT2D eigenvalue weighted by atomic mass is 32.2. The minimum Gasteiger partial charge on any atom is -0.384 e. The number of aliphatic hydroxyl groups is 1. The molecule has 0 saturated heterocycles. The molecule has 0 aliphatic rings. The number of aromatic nitrogens is 2. The van der Waals surface area contributed by atoms with E-state index >= 15 is 0 Å². The predicted molar refractivity (Wildman–Crippen MR) is 74.5 cm³/mol. The minimum absolute atomic E-state index is 0.0642. The maximum Gasteiger partial charge on any atom is 0.278 e. The maximum absolute atomic E-state index is 13.7. The number of aryl methyl sites for hydroxylation is 1. The second-order valence-corrected chi connectivity index (χ2v) is 5.74. The molecule has 2 aromatic rings. The van der Waals surface area contributed by atoms with E-state index in [4.69, 9.17) is 5.11 Å². The lowest BCUT2D eigenvalue weighted by atomic mass is 10.2. The van der Waals surface area contributed by atoms with Gasteiger partial charge >= 0.3 is 0 Å². The van der Waals surface area contributed by atoms with Crippen LogP contribution in [-0.4, -0.2) is 30.1 Å². The second kappa shape index (κ2) is 5.95. The number of aliphatic hydroxyl groups excluding tert-OH is 1. The Kier molecular flexibility index (Phi) is 4.26. The number of rotatable bonds is 3. The van der Waals surface area contributed by atoms with Gasteiger partial charge in [0.2, 0.25) is 0 Å². The zero-order valence-electron chi connectivity index (χ0n) is 11.0. The summed E-state index contributed by atoms with van der Waals surface area (Å²) < 4.78 is 40.0. The van der Waals surface area contributed by atoms with Gasteiger partial charge in [0.15, 0.2) is 5.03 Å². The number of imidazole rings is 1. The van der Waals surface area contributed by atoms with E-state index in [1.54, 1.807) is 6.92 Å². The second-order valence-electron chi connectivity index (χ2n) is 4.09. The number of nitrogens with zero attached hydrogens (tertiary/aromatic N) is 1. The fourth-order valence-electron chi connectivity index (χ4n) is 1.56. The van der Waals surface area contributed by atoms with Gasteiger partial charge in [-0.3, -0.25) is 4.72 Å². The zero-order chi connectivity index (χ0) is 15.5. The molecule has 8 heteroatoms. The van der Waals surface area contributed by atoms with Crippen molar-refractivity contribution in [2.45, 2.75) is 11.9 Å². The van der Waals surface area contributed by atoms with Crippen LogP contribution in [0.2, 0.25) is 0 Å². The van der Waals surface area contributed by atoms with Crippen LogP contribution in [0.3, 0.4) is 0 Å². The van der Waals surface area contributed by atoms with Gasteiger partial charge in [-0.1, -0.05) is 11.8 Å². The highest BCUT2D eigenvalue weighted by Crippen LogP contribution is 2.17. The molecule has 0 saturated carbocycles. The summed E-state index contributed by atoms with van der Waals surface area (Å²) in [5.74, 6) is 4.51. The lowest BCUT2D eigenvalue weighted by Gasteiger charge is -2.06. The van der Waals surface area contributed by atoms with Crippen LogP contribution in [0.25, 0.3) is 0 Å². The lowest BCUT2D eigenvalue weighted by molar-refractivity contribution is 0.350. The van der Waals surface area contributed by atoms with Crippen LogP contribution < -0.4 is 4.72 Å². The quantitative estimate of drug-likeness (QED) is 0.737. The number of hydrogen-bond donors (Lipinski definition) is 3. The number of benzene rings is 1. The van der Waals surface area contributed by atoms with E-state index in [1.807, 2.05) is 0 Å². The highest BCUT2D eigenvalue weighted by molar-refractivity contribution is 7.92. The number of H-pyrrole nitrogens is 1. The van der Waals surface area contributed by atoms with Gasteiger partial charge in [-0.2, -0.15) is 8.42 Å². The molecular formula is C13H12FN3O3S. The molecule has 0 unspecified atom stereocenters. The summed E-state index contributed by atoms with van der Waals surface area (Å²) >= 11 is 0. The third kappa shape index (κ3) is 3.59. The fraction of sp³-hybridized carbons (Fsp3) is 0.154. The number of nitrogens with one attached hydrogen (secondary N) is 2. The molecule has 0 spiro atoms. The average Bonchev–Trinajstić information content (AvgIpc) is 2.85. The Hall–Kier alpha value is -2.37. The molecule has 21 heavy (non-hydrogen) atoms. The van der Waals surface area contributed by atoms with Gasteiger partial charge in [0.1, 0.15) is 18.2 Å². The Morgan fingerprint density at radius 2 is 2.24 bits per heavy atom. The Labute approximate surface area is 121 Å². The van der Waals surface area contributed by atoms with E-state index in [-0.39, 0.29) is 22.9 Å². The first kappa shape index (κ1) is 15.0. The first-order valence-electron chi connectivity index (χ1n) is 5.86. The van der Waals surface area contributed by atoms with E-state index < -0.39 is 15.8 Å². The van der Waals surface area contributed by atoms with Crippen molar-refractivity contribution in [1.29, 1.82) is 0 Å². The predicted octanol–water partition coefficient (Wildman–Crippen LogP) is 1.00. The summed E-state index contributed by atoms with van der Waals surface area (Å²) in [6.07, 6.45) is 1.18. The molecule has 1 aromatic heterocycles. The van der Waals surface area contributed by atoms with Crippen molar-refractivity contribution in [2.24, 2.45) is 0 Å². The van der Waals surface area contributed by atoms with E-state index in [0.29, 0.717) is 5.82 Å². The van der Waals surface area contributed by atoms with Gasteiger partial charge in [0.05, 0.1) is 17.4 Å². The molecule has 0 atom stereocenters. The van der Waals surface area contributed by atoms with Crippen LogP contribution >= 0.6 is 0 Å². The van der Waals surface area contributed by atoms with Crippen molar-refractivity contribution < 1.29 is 17.9 Å². The van der Waals surface area contributed by atoms with Crippen LogP contribution in [0, 0.1) is 24.6 Å². The van der Waals surface area contributed by atoms with Crippen molar-refractivity contribution in [2.75, 3.05) is 11.3 Å². The zero-order valence-corrected chi connectivity index (χ0v) is 11.8. The van der Waals surface area contributed by atoms with E-state index in [2.05, 4.69) is 26.5 Å². The number of anilines is 1. The summed E-state index contributed by atoms with van der Waals surface area (Å²) in [6.45, 7) is 1.24. The number of aromatic amines is 1. The Morgan fingerprint density at radius 3 is 2.81 bits per heavy atom. The van der Waals surface area contributed by atoms with Crippen molar-refractivity contribution in [3.05, 3.63) is 41.6 Å². The molecule has 0 amide bonds. The molecule has 6 nitrogen and oxygen atoms in total. The van der Waals surface area contributed by atoms with Crippen molar-refractivity contribution in [1.82, 2.24) is 9.97 Å². The first-order valence-corrected chi connectivity index (χ1v) is 7.34. The third-order valence-corrected chi connectivity index (χ3v) is 3.78. The minimum atomic E-state index is -3.85. The van der Waals surface area contributed by atoms with Crippen molar-refractivity contribution in [3.8, 4) is 11.8 Å². The van der Waals surface area contributed by atoms with Gasteiger partial charge in [-0.05, 0) is 25.1 Å². The smallest absolute Gasteiger partial charge is 0.278 e. The average molecular weight is 309 g/mol. The molecule has 3 N–H and O–H groups in total. The first-order chi connectivity index (χ1) is 9.92. The molecule has 0 aliphatic heterocycles. The van der Waals surface area contributed by atoms with Crippen LogP contribution in [-0.2, 0) is 10.0 Å². The molecule has 2 rings (SSSR count). The Morgan fingerprint density at radius 1 is 1.48 bits per heavy atom.